The summed E-state index contributed by atoms with van der Waals surface area (Å²) in [6, 6.07) is 10.4. The van der Waals surface area contributed by atoms with Crippen LogP contribution in [0, 0.1) is 0 Å². The Hall–Kier alpha value is -2.56. The SMILES string of the molecule is CCOc1cc(N(CC)CC)ccc1N(C)/N=C/c1cc[n+](C)cc1. The van der Waals surface area contributed by atoms with Crippen molar-refractivity contribution in [2.75, 3.05) is 36.7 Å². The molecule has 0 radical (unpaired) electrons. The van der Waals surface area contributed by atoms with Crippen molar-refractivity contribution in [1.82, 2.24) is 0 Å². The normalized spacial score (nSPS) is 10.9. The smallest absolute Gasteiger partial charge is 0.169 e. The predicted octanol–water partition coefficient (Wildman–Crippen LogP) is 3.23. The molecule has 0 amide bonds. The van der Waals surface area contributed by atoms with E-state index in [1.807, 2.05) is 61.3 Å². The van der Waals surface area contributed by atoms with Gasteiger partial charge in [0, 0.05) is 49.6 Å². The zero-order chi connectivity index (χ0) is 18.2. The number of anilines is 2. The second-order valence-corrected chi connectivity index (χ2v) is 5.82. The van der Waals surface area contributed by atoms with Gasteiger partial charge < -0.3 is 9.64 Å². The number of benzene rings is 1. The highest BCUT2D eigenvalue weighted by Gasteiger charge is 2.11. The molecule has 0 unspecified atom stereocenters. The first-order valence-corrected chi connectivity index (χ1v) is 8.83. The van der Waals surface area contributed by atoms with Crippen LogP contribution in [0.1, 0.15) is 26.3 Å². The Kier molecular flexibility index (Phi) is 6.81. The third-order valence-corrected chi connectivity index (χ3v) is 4.10. The van der Waals surface area contributed by atoms with Crippen LogP contribution in [-0.2, 0) is 7.05 Å². The Morgan fingerprint density at radius 3 is 2.36 bits per heavy atom. The van der Waals surface area contributed by atoms with Crippen LogP contribution in [0.3, 0.4) is 0 Å². The van der Waals surface area contributed by atoms with E-state index in [1.54, 1.807) is 0 Å². The van der Waals surface area contributed by atoms with Crippen LogP contribution < -0.4 is 19.2 Å². The highest BCUT2D eigenvalue weighted by atomic mass is 16.5. The molecule has 25 heavy (non-hydrogen) atoms. The van der Waals surface area contributed by atoms with E-state index in [4.69, 9.17) is 4.74 Å². The van der Waals surface area contributed by atoms with E-state index < -0.39 is 0 Å². The van der Waals surface area contributed by atoms with Crippen LogP contribution in [0.2, 0.25) is 0 Å². The van der Waals surface area contributed by atoms with Gasteiger partial charge in [0.15, 0.2) is 12.4 Å². The largest absolute Gasteiger partial charge is 0.492 e. The van der Waals surface area contributed by atoms with Crippen LogP contribution in [0.5, 0.6) is 5.75 Å². The molecule has 1 heterocycles. The molecule has 5 nitrogen and oxygen atoms in total. The highest BCUT2D eigenvalue weighted by molar-refractivity contribution is 5.80. The topological polar surface area (TPSA) is 31.9 Å². The Bertz CT molecular complexity index is 693. The van der Waals surface area contributed by atoms with Crippen molar-refractivity contribution in [2.45, 2.75) is 20.8 Å². The van der Waals surface area contributed by atoms with Gasteiger partial charge in [-0.25, -0.2) is 4.57 Å². The number of pyridine rings is 1. The van der Waals surface area contributed by atoms with Gasteiger partial charge in [-0.15, -0.1) is 0 Å². The molecular weight excluding hydrogens is 312 g/mol. The second-order valence-electron chi connectivity index (χ2n) is 5.82. The summed E-state index contributed by atoms with van der Waals surface area (Å²) < 4.78 is 7.86. The summed E-state index contributed by atoms with van der Waals surface area (Å²) in [6.07, 6.45) is 5.87. The fourth-order valence-corrected chi connectivity index (χ4v) is 2.64. The van der Waals surface area contributed by atoms with Gasteiger partial charge in [0.1, 0.15) is 18.5 Å². The molecule has 0 fully saturated rings. The fourth-order valence-electron chi connectivity index (χ4n) is 2.64. The van der Waals surface area contributed by atoms with Crippen molar-refractivity contribution in [1.29, 1.82) is 0 Å². The molecule has 0 bridgehead atoms. The quantitative estimate of drug-likeness (QED) is 0.420. The Morgan fingerprint density at radius 2 is 1.76 bits per heavy atom. The lowest BCUT2D eigenvalue weighted by Gasteiger charge is -2.24. The first kappa shape index (κ1) is 18.8. The number of hydrogen-bond acceptors (Lipinski definition) is 4. The average Bonchev–Trinajstić information content (AvgIpc) is 2.62. The molecule has 0 saturated heterocycles. The maximum absolute atomic E-state index is 5.86. The van der Waals surface area contributed by atoms with Crippen molar-refractivity contribution in [2.24, 2.45) is 12.1 Å². The average molecular weight is 341 g/mol. The van der Waals surface area contributed by atoms with Gasteiger partial charge in [-0.1, -0.05) is 0 Å². The molecule has 2 rings (SSSR count). The van der Waals surface area contributed by atoms with Crippen molar-refractivity contribution in [3.8, 4) is 5.75 Å². The maximum atomic E-state index is 5.86. The van der Waals surface area contributed by atoms with Gasteiger partial charge >= 0.3 is 0 Å². The first-order chi connectivity index (χ1) is 12.1. The van der Waals surface area contributed by atoms with Crippen molar-refractivity contribution < 1.29 is 9.30 Å². The Labute approximate surface area is 151 Å². The van der Waals surface area contributed by atoms with E-state index in [9.17, 15) is 0 Å². The van der Waals surface area contributed by atoms with Gasteiger partial charge in [0.25, 0.3) is 0 Å². The zero-order valence-electron chi connectivity index (χ0n) is 15.9. The lowest BCUT2D eigenvalue weighted by molar-refractivity contribution is -0.671. The summed E-state index contributed by atoms with van der Waals surface area (Å²) in [5, 5.41) is 6.41. The lowest BCUT2D eigenvalue weighted by atomic mass is 10.2. The third kappa shape index (κ3) is 4.95. The van der Waals surface area contributed by atoms with Crippen molar-refractivity contribution >= 4 is 17.6 Å². The van der Waals surface area contributed by atoms with Crippen LogP contribution in [0.25, 0.3) is 0 Å². The van der Waals surface area contributed by atoms with Gasteiger partial charge in [-0.3, -0.25) is 5.01 Å². The van der Waals surface area contributed by atoms with Crippen molar-refractivity contribution in [3.05, 3.63) is 48.3 Å². The summed E-state index contributed by atoms with van der Waals surface area (Å²) in [5.41, 5.74) is 3.18. The Balaban J connectivity index is 2.25. The molecule has 0 aliphatic heterocycles. The molecule has 0 N–H and O–H groups in total. The van der Waals surface area contributed by atoms with Gasteiger partial charge in [0.2, 0.25) is 0 Å². The number of nitrogens with zero attached hydrogens (tertiary/aromatic N) is 4. The number of hydrogen-bond donors (Lipinski definition) is 0. The zero-order valence-corrected chi connectivity index (χ0v) is 15.9. The molecule has 0 spiro atoms. The molecule has 0 aliphatic rings. The standard InChI is InChI=1S/C20H29N4O/c1-6-24(7-2)18-9-10-19(20(15-18)25-8-3)23(5)21-16-17-11-13-22(4)14-12-17/h9-16H,6-8H2,1-5H3/q+1. The van der Waals surface area contributed by atoms with E-state index >= 15 is 0 Å². The maximum Gasteiger partial charge on any atom is 0.169 e. The monoisotopic (exact) mass is 341 g/mol. The number of aromatic nitrogens is 1. The van der Waals surface area contributed by atoms with Gasteiger partial charge in [-0.2, -0.15) is 5.10 Å². The molecule has 5 heteroatoms. The van der Waals surface area contributed by atoms with Gasteiger partial charge in [-0.05, 0) is 32.9 Å². The number of ether oxygens (including phenoxy) is 1. The number of hydrazone groups is 1. The van der Waals surface area contributed by atoms with E-state index in [2.05, 4.69) is 42.0 Å². The summed E-state index contributed by atoms with van der Waals surface area (Å²) in [7, 11) is 3.94. The molecule has 1 aromatic heterocycles. The molecule has 2 aromatic rings. The molecule has 134 valence electrons. The summed E-state index contributed by atoms with van der Waals surface area (Å²) in [4.78, 5) is 2.31. The van der Waals surface area contributed by atoms with Crippen LogP contribution >= 0.6 is 0 Å². The Morgan fingerprint density at radius 1 is 1.08 bits per heavy atom. The molecule has 0 atom stereocenters. The van der Waals surface area contributed by atoms with E-state index in [0.717, 1.165) is 30.1 Å². The minimum atomic E-state index is 0.626. The van der Waals surface area contributed by atoms with Gasteiger partial charge in [0.05, 0.1) is 12.8 Å². The molecular formula is C20H29N4O+. The summed E-state index contributed by atoms with van der Waals surface area (Å²) >= 11 is 0. The summed E-state index contributed by atoms with van der Waals surface area (Å²) in [5.74, 6) is 0.853. The fraction of sp³-hybridized carbons (Fsp3) is 0.400. The van der Waals surface area contributed by atoms with E-state index in [0.29, 0.717) is 6.61 Å². The van der Waals surface area contributed by atoms with Crippen LogP contribution in [0.4, 0.5) is 11.4 Å². The number of aryl methyl sites for hydroxylation is 1. The van der Waals surface area contributed by atoms with Crippen LogP contribution in [0.15, 0.2) is 47.8 Å². The van der Waals surface area contributed by atoms with Crippen molar-refractivity contribution in [3.63, 3.8) is 0 Å². The summed E-state index contributed by atoms with van der Waals surface area (Å²) in [6.45, 7) is 8.90. The highest BCUT2D eigenvalue weighted by Crippen LogP contribution is 2.32. The van der Waals surface area contributed by atoms with Crippen LogP contribution in [-0.4, -0.2) is 33.0 Å². The first-order valence-electron chi connectivity index (χ1n) is 8.83. The lowest BCUT2D eigenvalue weighted by Crippen LogP contribution is -2.26. The molecule has 0 saturated carbocycles. The second kappa shape index (κ2) is 9.06. The third-order valence-electron chi connectivity index (χ3n) is 4.10. The molecule has 1 aromatic carbocycles. The minimum absolute atomic E-state index is 0.626. The number of rotatable bonds is 8. The van der Waals surface area contributed by atoms with E-state index in [1.165, 1.54) is 5.69 Å². The molecule has 0 aliphatic carbocycles. The minimum Gasteiger partial charge on any atom is -0.492 e. The van der Waals surface area contributed by atoms with E-state index in [-0.39, 0.29) is 0 Å². The predicted molar refractivity (Wildman–Crippen MR) is 105 cm³/mol.